The number of hydrogen-bond donors (Lipinski definition) is 1. The number of rotatable bonds is 8. The molecular weight excluding hydrogens is 245 g/mol. The molecule has 1 saturated carbocycles. The topological polar surface area (TPSA) is 32.7 Å². The third-order valence-electron chi connectivity index (χ3n) is 3.44. The SMILES string of the molecule is CCN(CC(O)COCc1ccccc1F)C1CC1. The molecule has 0 radical (unpaired) electrons. The van der Waals surface area contributed by atoms with Crippen LogP contribution in [0.1, 0.15) is 25.3 Å². The van der Waals surface area contributed by atoms with E-state index in [-0.39, 0.29) is 19.0 Å². The lowest BCUT2D eigenvalue weighted by Crippen LogP contribution is -2.36. The Balaban J connectivity index is 1.68. The molecule has 1 unspecified atom stereocenters. The third kappa shape index (κ3) is 4.56. The fraction of sp³-hybridized carbons (Fsp3) is 0.600. The summed E-state index contributed by atoms with van der Waals surface area (Å²) in [5.74, 6) is -0.259. The van der Waals surface area contributed by atoms with E-state index in [1.165, 1.54) is 18.9 Å². The number of nitrogens with zero attached hydrogens (tertiary/aromatic N) is 1. The molecule has 106 valence electrons. The van der Waals surface area contributed by atoms with E-state index in [0.29, 0.717) is 18.2 Å². The number of aliphatic hydroxyl groups is 1. The molecule has 1 atom stereocenters. The molecular formula is C15H22FNO2. The van der Waals surface area contributed by atoms with Crippen molar-refractivity contribution in [3.8, 4) is 0 Å². The van der Waals surface area contributed by atoms with Gasteiger partial charge in [-0.1, -0.05) is 25.1 Å². The Kier molecular flexibility index (Phi) is 5.31. The summed E-state index contributed by atoms with van der Waals surface area (Å²) in [6, 6.07) is 7.20. The summed E-state index contributed by atoms with van der Waals surface area (Å²) in [5, 5.41) is 9.91. The normalized spacial score (nSPS) is 16.8. The summed E-state index contributed by atoms with van der Waals surface area (Å²) in [6.07, 6.45) is 1.96. The Morgan fingerprint density at radius 3 is 2.79 bits per heavy atom. The Hall–Kier alpha value is -0.970. The van der Waals surface area contributed by atoms with Gasteiger partial charge in [-0.15, -0.1) is 0 Å². The molecule has 0 aliphatic heterocycles. The van der Waals surface area contributed by atoms with E-state index >= 15 is 0 Å². The molecule has 0 heterocycles. The lowest BCUT2D eigenvalue weighted by atomic mass is 10.2. The highest BCUT2D eigenvalue weighted by atomic mass is 19.1. The molecule has 1 aromatic rings. The van der Waals surface area contributed by atoms with E-state index in [1.807, 2.05) is 0 Å². The Labute approximate surface area is 114 Å². The highest BCUT2D eigenvalue weighted by molar-refractivity contribution is 5.16. The number of hydrogen-bond acceptors (Lipinski definition) is 3. The summed E-state index contributed by atoms with van der Waals surface area (Å²) >= 11 is 0. The summed E-state index contributed by atoms with van der Waals surface area (Å²) in [5.41, 5.74) is 0.532. The lowest BCUT2D eigenvalue weighted by molar-refractivity contribution is 0.00859. The minimum atomic E-state index is -0.507. The second-order valence-electron chi connectivity index (χ2n) is 5.08. The lowest BCUT2D eigenvalue weighted by Gasteiger charge is -2.23. The molecule has 1 fully saturated rings. The van der Waals surface area contributed by atoms with Crippen molar-refractivity contribution in [2.24, 2.45) is 0 Å². The van der Waals surface area contributed by atoms with Crippen molar-refractivity contribution in [1.82, 2.24) is 4.90 Å². The van der Waals surface area contributed by atoms with Gasteiger partial charge in [0.25, 0.3) is 0 Å². The predicted molar refractivity (Wildman–Crippen MR) is 72.3 cm³/mol. The van der Waals surface area contributed by atoms with E-state index in [2.05, 4.69) is 11.8 Å². The molecule has 1 aliphatic rings. The zero-order chi connectivity index (χ0) is 13.7. The van der Waals surface area contributed by atoms with Crippen LogP contribution in [0.5, 0.6) is 0 Å². The van der Waals surface area contributed by atoms with Crippen LogP contribution in [0.2, 0.25) is 0 Å². The van der Waals surface area contributed by atoms with Crippen LogP contribution in [0.25, 0.3) is 0 Å². The third-order valence-corrected chi connectivity index (χ3v) is 3.44. The van der Waals surface area contributed by atoms with Crippen molar-refractivity contribution in [2.45, 2.75) is 38.5 Å². The van der Waals surface area contributed by atoms with Crippen molar-refractivity contribution in [3.63, 3.8) is 0 Å². The first kappa shape index (κ1) is 14.4. The van der Waals surface area contributed by atoms with Gasteiger partial charge in [0.15, 0.2) is 0 Å². The van der Waals surface area contributed by atoms with Crippen molar-refractivity contribution < 1.29 is 14.2 Å². The Morgan fingerprint density at radius 1 is 1.42 bits per heavy atom. The first-order valence-corrected chi connectivity index (χ1v) is 6.94. The number of ether oxygens (including phenoxy) is 1. The molecule has 0 bridgehead atoms. The van der Waals surface area contributed by atoms with Crippen LogP contribution >= 0.6 is 0 Å². The molecule has 0 amide bonds. The summed E-state index contributed by atoms with van der Waals surface area (Å²) in [4.78, 5) is 2.27. The maximum absolute atomic E-state index is 13.3. The smallest absolute Gasteiger partial charge is 0.128 e. The monoisotopic (exact) mass is 267 g/mol. The number of aliphatic hydroxyl groups excluding tert-OH is 1. The molecule has 4 heteroatoms. The van der Waals surface area contributed by atoms with Crippen LogP contribution in [0.15, 0.2) is 24.3 Å². The second kappa shape index (κ2) is 6.98. The van der Waals surface area contributed by atoms with E-state index in [4.69, 9.17) is 4.74 Å². The van der Waals surface area contributed by atoms with Gasteiger partial charge in [-0.25, -0.2) is 4.39 Å². The highest BCUT2D eigenvalue weighted by Gasteiger charge is 2.28. The van der Waals surface area contributed by atoms with Gasteiger partial charge in [-0.3, -0.25) is 4.90 Å². The van der Waals surface area contributed by atoms with Crippen molar-refractivity contribution in [3.05, 3.63) is 35.6 Å². The maximum atomic E-state index is 13.3. The van der Waals surface area contributed by atoms with Crippen LogP contribution in [0, 0.1) is 5.82 Å². The Bertz CT molecular complexity index is 395. The maximum Gasteiger partial charge on any atom is 0.128 e. The van der Waals surface area contributed by atoms with Crippen LogP contribution in [0.3, 0.4) is 0 Å². The average molecular weight is 267 g/mol. The molecule has 0 saturated heterocycles. The van der Waals surface area contributed by atoms with Gasteiger partial charge in [0.1, 0.15) is 5.82 Å². The molecule has 0 aromatic heterocycles. The zero-order valence-corrected chi connectivity index (χ0v) is 11.4. The summed E-state index contributed by atoms with van der Waals surface area (Å²) in [7, 11) is 0. The van der Waals surface area contributed by atoms with Crippen LogP contribution < -0.4 is 0 Å². The number of halogens is 1. The number of likely N-dealkylation sites (N-methyl/N-ethyl adjacent to an activating group) is 1. The minimum absolute atomic E-state index is 0.208. The standard InChI is InChI=1S/C15H22FNO2/c1-2-17(13-7-8-13)9-14(18)11-19-10-12-5-3-4-6-15(12)16/h3-6,13-14,18H,2,7-11H2,1H3. The van der Waals surface area contributed by atoms with E-state index < -0.39 is 6.10 Å². The van der Waals surface area contributed by atoms with Crippen LogP contribution in [-0.4, -0.2) is 41.8 Å². The van der Waals surface area contributed by atoms with E-state index in [1.54, 1.807) is 18.2 Å². The van der Waals surface area contributed by atoms with Gasteiger partial charge in [0.2, 0.25) is 0 Å². The average Bonchev–Trinajstić information content (AvgIpc) is 3.22. The first-order chi connectivity index (χ1) is 9.20. The fourth-order valence-corrected chi connectivity index (χ4v) is 2.22. The highest BCUT2D eigenvalue weighted by Crippen LogP contribution is 2.26. The van der Waals surface area contributed by atoms with Gasteiger partial charge in [0.05, 0.1) is 19.3 Å². The zero-order valence-electron chi connectivity index (χ0n) is 11.4. The van der Waals surface area contributed by atoms with Crippen molar-refractivity contribution >= 4 is 0 Å². The summed E-state index contributed by atoms with van der Waals surface area (Å²) in [6.45, 7) is 4.15. The van der Waals surface area contributed by atoms with E-state index in [0.717, 1.165) is 6.54 Å². The van der Waals surface area contributed by atoms with Crippen molar-refractivity contribution in [1.29, 1.82) is 0 Å². The fourth-order valence-electron chi connectivity index (χ4n) is 2.22. The molecule has 1 aromatic carbocycles. The van der Waals surface area contributed by atoms with Gasteiger partial charge >= 0.3 is 0 Å². The van der Waals surface area contributed by atoms with Crippen molar-refractivity contribution in [2.75, 3.05) is 19.7 Å². The molecule has 0 spiro atoms. The minimum Gasteiger partial charge on any atom is -0.389 e. The Morgan fingerprint density at radius 2 is 2.16 bits per heavy atom. The van der Waals surface area contributed by atoms with E-state index in [9.17, 15) is 9.50 Å². The van der Waals surface area contributed by atoms with Gasteiger partial charge in [-0.05, 0) is 25.5 Å². The molecule has 19 heavy (non-hydrogen) atoms. The molecule has 1 aliphatic carbocycles. The second-order valence-corrected chi connectivity index (χ2v) is 5.08. The number of benzene rings is 1. The van der Waals surface area contributed by atoms with Gasteiger partial charge in [-0.2, -0.15) is 0 Å². The summed E-state index contributed by atoms with van der Waals surface area (Å²) < 4.78 is 18.7. The van der Waals surface area contributed by atoms with Crippen LogP contribution in [0.4, 0.5) is 4.39 Å². The largest absolute Gasteiger partial charge is 0.389 e. The van der Waals surface area contributed by atoms with Gasteiger partial charge in [0, 0.05) is 18.2 Å². The quantitative estimate of drug-likeness (QED) is 0.783. The predicted octanol–water partition coefficient (Wildman–Crippen LogP) is 2.19. The van der Waals surface area contributed by atoms with Gasteiger partial charge < -0.3 is 9.84 Å². The van der Waals surface area contributed by atoms with Crippen LogP contribution in [-0.2, 0) is 11.3 Å². The molecule has 1 N–H and O–H groups in total. The molecule has 2 rings (SSSR count). The first-order valence-electron chi connectivity index (χ1n) is 6.94. The molecule has 3 nitrogen and oxygen atoms in total.